The third-order valence-corrected chi connectivity index (χ3v) is 19.3. The van der Waals surface area contributed by atoms with Crippen molar-refractivity contribution in [2.45, 2.75) is 200 Å². The molecule has 5 aliphatic rings. The molecule has 43 heteroatoms. The molecular formula is C75H97N19O24. The van der Waals surface area contributed by atoms with Gasteiger partial charge in [0.25, 0.3) is 41.4 Å². The minimum atomic E-state index is -1.54. The Morgan fingerprint density at radius 3 is 1.34 bits per heavy atom. The van der Waals surface area contributed by atoms with Gasteiger partial charge in [-0.2, -0.15) is 0 Å². The van der Waals surface area contributed by atoms with Gasteiger partial charge in [-0.15, -0.1) is 0 Å². The van der Waals surface area contributed by atoms with E-state index in [2.05, 4.69) is 64.7 Å². The molecule has 6 unspecified atom stereocenters. The van der Waals surface area contributed by atoms with E-state index in [0.29, 0.717) is 55.1 Å². The maximum Gasteiger partial charge on any atom is 0.338 e. The molecule has 5 aliphatic heterocycles. The van der Waals surface area contributed by atoms with Crippen LogP contribution in [0.25, 0.3) is 39.3 Å². The van der Waals surface area contributed by atoms with E-state index >= 15 is 9.59 Å². The molecule has 43 nitrogen and oxygen atoms in total. The van der Waals surface area contributed by atoms with Gasteiger partial charge in [0.1, 0.15) is 55.9 Å². The van der Waals surface area contributed by atoms with Gasteiger partial charge in [-0.25, -0.2) is 34.4 Å². The average Bonchev–Trinajstić information content (AvgIpc) is 1.56. The number of nitrogens with zero attached hydrogens (tertiary/aromatic N) is 5. The topological polar surface area (TPSA) is 626 Å². The summed E-state index contributed by atoms with van der Waals surface area (Å²) in [4.78, 5) is 258. The Hall–Kier alpha value is -13.1. The van der Waals surface area contributed by atoms with Crippen molar-refractivity contribution in [3.63, 3.8) is 0 Å². The number of rotatable bonds is 35. The predicted octanol–water partition coefficient (Wildman–Crippen LogP) is -3.51. The summed E-state index contributed by atoms with van der Waals surface area (Å²) in [6.45, 7) is 20.8. The molecule has 15 amide bonds. The number of epoxide rings is 3. The summed E-state index contributed by atoms with van der Waals surface area (Å²) in [5.41, 5.74) is 28.0. The number of hydrazine groups is 3. The lowest BCUT2D eigenvalue weighted by Gasteiger charge is -2.24. The number of carbonyl (C=O) groups is 18. The standard InChI is InChI=1S/C75H97N19O24/c1-15-40-30(6)46-26-49-41(16-2)31(7)45(87-49)25-47-32(8)42(20-21-53(98)79-33(9)63(100)81-36(12)66(103)89-92(27-50(76)95)70(107)57-60(116-57)73(110)113-17-3)55(88-47)43(24-54(99)80-34(10)64(101)82-37(13)67(104)90-93(28-51(77)96)71(108)58-61(117-58)74(111)114-18-4)56-44(22-39(85-56)23-48(40)86-46)69(106)84-35(11)65(102)83-38(14)68(105)91-94(29-52(78)97)72(109)59-62(118-59)75(112)115-19-5/h16,22-23,25-26,32-38,42,57-62,85,87H,2,15,17-21,24,27-29H2,1,3-14H3,(H2,76,95)(H2,77,96)(H2,78,97)(H,79,98)(H,80,99)(H,81,100)(H,82,101)(H,83,102)(H,84,106)(H,89,103)(H,90,104)(H,91,105)/t32-,33?,34?,35?,36?,37?,38?,42-,57-,58-,59-,60+,61+,62+/m0/s1. The van der Waals surface area contributed by atoms with E-state index in [1.54, 1.807) is 25.1 Å². The van der Waals surface area contributed by atoms with Gasteiger partial charge in [0.15, 0.2) is 36.6 Å². The lowest BCUT2D eigenvalue weighted by molar-refractivity contribution is -0.146. The van der Waals surface area contributed by atoms with E-state index < -0.39 is 224 Å². The van der Waals surface area contributed by atoms with Crippen LogP contribution in [0.3, 0.4) is 0 Å². The molecule has 0 saturated carbocycles. The van der Waals surface area contributed by atoms with Crippen molar-refractivity contribution in [3.8, 4) is 0 Å². The summed E-state index contributed by atoms with van der Waals surface area (Å²) in [5.74, 6) is -19.4. The average molecular weight is 1650 g/mol. The molecule has 14 atom stereocenters. The summed E-state index contributed by atoms with van der Waals surface area (Å²) >= 11 is 0. The number of fused-ring (bicyclic) bond motifs is 8. The normalized spacial score (nSPS) is 19.5. The van der Waals surface area contributed by atoms with Crippen LogP contribution >= 0.6 is 0 Å². The zero-order valence-electron chi connectivity index (χ0n) is 67.0. The van der Waals surface area contributed by atoms with Gasteiger partial charge >= 0.3 is 17.9 Å². The highest BCUT2D eigenvalue weighted by molar-refractivity contribution is 6.07. The van der Waals surface area contributed by atoms with Gasteiger partial charge < -0.3 is 87.5 Å². The second kappa shape index (κ2) is 39.1. The quantitative estimate of drug-likeness (QED) is 0.0118. The van der Waals surface area contributed by atoms with Crippen LogP contribution in [0.5, 0.6) is 0 Å². The van der Waals surface area contributed by atoms with Gasteiger partial charge in [0.05, 0.1) is 54.4 Å². The Bertz CT molecular complexity index is 4800. The first-order valence-electron chi connectivity index (χ1n) is 37.7. The van der Waals surface area contributed by atoms with Crippen LogP contribution in [-0.2, 0) is 116 Å². The van der Waals surface area contributed by atoms with Crippen LogP contribution in [0, 0.1) is 6.92 Å². The molecule has 0 aromatic carbocycles. The maximum atomic E-state index is 15.4. The Morgan fingerprint density at radius 2 is 0.932 bits per heavy atom. The van der Waals surface area contributed by atoms with Crippen molar-refractivity contribution >= 4 is 146 Å². The van der Waals surface area contributed by atoms with Crippen LogP contribution in [-0.4, -0.2) is 254 Å². The van der Waals surface area contributed by atoms with Crippen LogP contribution in [0.2, 0.25) is 0 Å². The molecule has 3 saturated heterocycles. The first-order valence-corrected chi connectivity index (χ1v) is 37.7. The summed E-state index contributed by atoms with van der Waals surface area (Å²) in [5, 5.41) is 16.7. The summed E-state index contributed by atoms with van der Waals surface area (Å²) in [7, 11) is 0. The number of primary amides is 3. The number of hydrogen-bond acceptors (Lipinski definition) is 26. The Balaban J connectivity index is 1.16. The third-order valence-electron chi connectivity index (χ3n) is 19.3. The van der Waals surface area contributed by atoms with Gasteiger partial charge in [-0.3, -0.25) is 93.2 Å². The van der Waals surface area contributed by atoms with Crippen molar-refractivity contribution in [3.05, 3.63) is 75.9 Å². The Kier molecular flexibility index (Phi) is 29.9. The first-order chi connectivity index (χ1) is 55.6. The molecule has 118 heavy (non-hydrogen) atoms. The maximum absolute atomic E-state index is 15.4. The number of carbonyl (C=O) groups excluding carboxylic acids is 18. The minimum absolute atomic E-state index is 0.0317. The lowest BCUT2D eigenvalue weighted by atomic mass is 9.84. The van der Waals surface area contributed by atoms with Gasteiger partial charge in [0.2, 0.25) is 47.3 Å². The van der Waals surface area contributed by atoms with Crippen molar-refractivity contribution in [1.29, 1.82) is 0 Å². The van der Waals surface area contributed by atoms with Crippen molar-refractivity contribution in [2.75, 3.05) is 39.5 Å². The number of allylic oxidation sites excluding steroid dienone is 2. The SMILES string of the molecule is C=Cc1c(C)c2cc3nc(c(CC(=O)NC(C)C(=O)NC(C)C(=O)NN(CC(N)=O)C(=O)[C@H]4O[C@H]4C(=O)OCC)c4[nH]c(cc5nc(cc1[nH]2)C(C)=C5CC)cc4C(=O)NC(C)C(=O)NC(C)C(=O)NN(CC(N)=O)C(=O)[C@H]1O[C@H]1C(=O)OCC)[C@@H](CCC(=O)NC(C)C(=O)NC(C)C(=O)NN(CC(N)=O)C(=O)[C@H]1O[C@H]1C(=O)OCC)[C@@H]3C. The second-order valence-electron chi connectivity index (χ2n) is 28.2. The summed E-state index contributed by atoms with van der Waals surface area (Å²) in [6, 6.07) is -2.30. The number of aromatic nitrogens is 4. The Labute approximate surface area is 674 Å². The molecule has 0 aliphatic carbocycles. The number of aromatic amines is 2. The number of nitrogens with two attached hydrogens (primary N) is 3. The number of ether oxygens (including phenoxy) is 6. The highest BCUT2D eigenvalue weighted by Gasteiger charge is 2.56. The molecule has 636 valence electrons. The molecule has 3 fully saturated rings. The molecule has 8 heterocycles. The molecule has 8 rings (SSSR count). The van der Waals surface area contributed by atoms with Crippen LogP contribution in [0.15, 0.2) is 30.8 Å². The van der Waals surface area contributed by atoms with E-state index in [0.717, 1.165) is 16.7 Å². The highest BCUT2D eigenvalue weighted by atomic mass is 16.7. The number of aryl methyl sites for hydroxylation is 1. The molecule has 0 spiro atoms. The second-order valence-corrected chi connectivity index (χ2v) is 28.2. The predicted molar refractivity (Wildman–Crippen MR) is 411 cm³/mol. The largest absolute Gasteiger partial charge is 0.464 e. The van der Waals surface area contributed by atoms with Crippen molar-refractivity contribution in [1.82, 2.24) is 83.1 Å². The zero-order chi connectivity index (χ0) is 87.3. The van der Waals surface area contributed by atoms with Crippen LogP contribution in [0.4, 0.5) is 0 Å². The lowest BCUT2D eigenvalue weighted by Crippen LogP contribution is -2.57. The molecule has 3 aromatic rings. The van der Waals surface area contributed by atoms with E-state index in [1.165, 1.54) is 68.4 Å². The summed E-state index contributed by atoms with van der Waals surface area (Å²) < 4.78 is 30.1. The smallest absolute Gasteiger partial charge is 0.338 e. The zero-order valence-corrected chi connectivity index (χ0v) is 67.0. The van der Waals surface area contributed by atoms with E-state index in [-0.39, 0.29) is 54.1 Å². The number of hydrogen-bond donors (Lipinski definition) is 14. The minimum Gasteiger partial charge on any atom is -0.464 e. The first kappa shape index (κ1) is 90.5. The third kappa shape index (κ3) is 22.3. The van der Waals surface area contributed by atoms with E-state index in [9.17, 15) is 76.7 Å². The number of esters is 3. The van der Waals surface area contributed by atoms with Gasteiger partial charge in [-0.05, 0) is 130 Å². The fraction of sp³-hybridized carbons (Fsp3) is 0.493. The van der Waals surface area contributed by atoms with Crippen molar-refractivity contribution < 1.29 is 115 Å². The fourth-order valence-corrected chi connectivity index (χ4v) is 12.8. The molecule has 17 N–H and O–H groups in total. The van der Waals surface area contributed by atoms with Crippen LogP contribution < -0.4 is 65.4 Å². The molecule has 3 aromatic heterocycles. The Morgan fingerprint density at radius 1 is 0.517 bits per heavy atom. The number of amides is 15. The van der Waals surface area contributed by atoms with Gasteiger partial charge in [0, 0.05) is 51.6 Å². The van der Waals surface area contributed by atoms with E-state index in [4.69, 9.17) is 55.6 Å². The molecular weight excluding hydrogens is 1550 g/mol. The summed E-state index contributed by atoms with van der Waals surface area (Å²) in [6.07, 6.45) is -7.54. The molecule has 0 radical (unpaired) electrons. The van der Waals surface area contributed by atoms with E-state index in [1.807, 2.05) is 26.8 Å². The number of H-pyrrole nitrogens is 2. The van der Waals surface area contributed by atoms with Crippen LogP contribution in [0.1, 0.15) is 164 Å². The fourth-order valence-electron chi connectivity index (χ4n) is 12.8. The highest BCUT2D eigenvalue weighted by Crippen LogP contribution is 2.43. The molecule has 8 bridgehead atoms. The number of nitrogens with one attached hydrogen (secondary N) is 11. The van der Waals surface area contributed by atoms with Crippen molar-refractivity contribution in [2.24, 2.45) is 17.2 Å². The van der Waals surface area contributed by atoms with Gasteiger partial charge in [-0.1, -0.05) is 26.5 Å². The monoisotopic (exact) mass is 1650 g/mol.